The van der Waals surface area contributed by atoms with E-state index in [1.807, 2.05) is 0 Å². The fourth-order valence-corrected chi connectivity index (χ4v) is 6.93. The Bertz CT molecular complexity index is 991. The highest BCUT2D eigenvalue weighted by Crippen LogP contribution is 2.60. The molecule has 164 valence electrons. The van der Waals surface area contributed by atoms with Crippen molar-refractivity contribution in [2.75, 3.05) is 11.9 Å². The molecule has 5 N–H and O–H groups in total. The monoisotopic (exact) mass is 441 g/mol. The Morgan fingerprint density at radius 1 is 1.16 bits per heavy atom. The molecule has 0 aliphatic heterocycles. The molecule has 6 rings (SSSR count). The number of carbonyl (C=O) groups excluding carboxylic acids is 3. The fourth-order valence-electron chi connectivity index (χ4n) is 6.20. The van der Waals surface area contributed by atoms with Crippen molar-refractivity contribution in [2.45, 2.75) is 44.9 Å². The van der Waals surface area contributed by atoms with E-state index < -0.39 is 5.91 Å². The topological polar surface area (TPSA) is 130 Å². The summed E-state index contributed by atoms with van der Waals surface area (Å²) in [4.78, 5) is 43.7. The largest absolute Gasteiger partial charge is 0.364 e. The van der Waals surface area contributed by atoms with Crippen LogP contribution in [0.2, 0.25) is 0 Å². The maximum Gasteiger partial charge on any atom is 0.265 e. The maximum atomic E-state index is 13.0. The number of hydrogen-bond acceptors (Lipinski definition) is 5. The summed E-state index contributed by atoms with van der Waals surface area (Å²) in [6, 6.07) is 1.63. The molecule has 9 heteroatoms. The third-order valence-electron chi connectivity index (χ3n) is 7.15. The molecule has 0 atom stereocenters. The van der Waals surface area contributed by atoms with Gasteiger partial charge in [0, 0.05) is 35.5 Å². The Morgan fingerprint density at radius 3 is 2.45 bits per heavy atom. The number of thiazole rings is 1. The second-order valence-corrected chi connectivity index (χ2v) is 10.3. The van der Waals surface area contributed by atoms with Crippen molar-refractivity contribution in [2.24, 2.45) is 28.9 Å². The summed E-state index contributed by atoms with van der Waals surface area (Å²) in [7, 11) is 0. The van der Waals surface area contributed by atoms with Gasteiger partial charge in [-0.25, -0.2) is 4.98 Å². The molecule has 0 unspecified atom stereocenters. The SMILES string of the molecule is NC(=O)c1cc(-c2csc(NC(=O)CCNC(=O)C34CC5CC(CC(C5)C3)C4)n2)c[nH]1. The molecule has 4 fully saturated rings. The van der Waals surface area contributed by atoms with Crippen LogP contribution in [0.15, 0.2) is 17.6 Å². The van der Waals surface area contributed by atoms with Gasteiger partial charge in [0.2, 0.25) is 11.8 Å². The number of nitrogens with two attached hydrogens (primary N) is 1. The molecule has 3 amide bonds. The predicted octanol–water partition coefficient (Wildman–Crippen LogP) is 2.90. The lowest BCUT2D eigenvalue weighted by Crippen LogP contribution is -2.53. The van der Waals surface area contributed by atoms with Gasteiger partial charge in [0.25, 0.3) is 5.91 Å². The molecule has 0 saturated heterocycles. The third kappa shape index (κ3) is 3.98. The predicted molar refractivity (Wildman–Crippen MR) is 117 cm³/mol. The van der Waals surface area contributed by atoms with Gasteiger partial charge in [0.15, 0.2) is 5.13 Å². The zero-order valence-electron chi connectivity index (χ0n) is 17.3. The number of H-pyrrole nitrogens is 1. The van der Waals surface area contributed by atoms with Crippen LogP contribution in [0.4, 0.5) is 5.13 Å². The van der Waals surface area contributed by atoms with Gasteiger partial charge >= 0.3 is 0 Å². The van der Waals surface area contributed by atoms with E-state index in [1.165, 1.54) is 30.6 Å². The zero-order chi connectivity index (χ0) is 21.6. The van der Waals surface area contributed by atoms with Crippen LogP contribution < -0.4 is 16.4 Å². The molecular weight excluding hydrogens is 414 g/mol. The van der Waals surface area contributed by atoms with Crippen molar-refractivity contribution in [3.8, 4) is 11.3 Å². The van der Waals surface area contributed by atoms with Gasteiger partial charge in [-0.05, 0) is 62.3 Å². The minimum atomic E-state index is -0.536. The van der Waals surface area contributed by atoms with Crippen LogP contribution in [-0.4, -0.2) is 34.2 Å². The number of hydrogen-bond donors (Lipinski definition) is 4. The van der Waals surface area contributed by atoms with E-state index in [2.05, 4.69) is 20.6 Å². The average Bonchev–Trinajstić information content (AvgIpc) is 3.36. The lowest BCUT2D eigenvalue weighted by atomic mass is 9.49. The summed E-state index contributed by atoms with van der Waals surface area (Å²) >= 11 is 1.31. The molecule has 4 aliphatic carbocycles. The van der Waals surface area contributed by atoms with Crippen molar-refractivity contribution < 1.29 is 14.4 Å². The van der Waals surface area contributed by atoms with Crippen LogP contribution in [-0.2, 0) is 9.59 Å². The summed E-state index contributed by atoms with van der Waals surface area (Å²) in [5, 5.41) is 8.11. The van der Waals surface area contributed by atoms with E-state index in [1.54, 1.807) is 17.6 Å². The highest BCUT2D eigenvalue weighted by Gasteiger charge is 2.54. The van der Waals surface area contributed by atoms with Gasteiger partial charge in [-0.1, -0.05) is 0 Å². The van der Waals surface area contributed by atoms with E-state index in [4.69, 9.17) is 5.73 Å². The second-order valence-electron chi connectivity index (χ2n) is 9.46. The number of rotatable bonds is 7. The van der Waals surface area contributed by atoms with Crippen molar-refractivity contribution in [3.63, 3.8) is 0 Å². The van der Waals surface area contributed by atoms with Gasteiger partial charge in [0.1, 0.15) is 5.69 Å². The lowest BCUT2D eigenvalue weighted by Gasteiger charge is -2.55. The number of carbonyl (C=O) groups is 3. The summed E-state index contributed by atoms with van der Waals surface area (Å²) < 4.78 is 0. The highest BCUT2D eigenvalue weighted by atomic mass is 32.1. The van der Waals surface area contributed by atoms with Crippen LogP contribution >= 0.6 is 11.3 Å². The fraction of sp³-hybridized carbons (Fsp3) is 0.545. The molecule has 31 heavy (non-hydrogen) atoms. The first-order valence-corrected chi connectivity index (χ1v) is 11.8. The molecule has 8 nitrogen and oxygen atoms in total. The van der Waals surface area contributed by atoms with Crippen molar-refractivity contribution in [1.29, 1.82) is 0 Å². The Hall–Kier alpha value is -2.68. The van der Waals surface area contributed by atoms with E-state index >= 15 is 0 Å². The third-order valence-corrected chi connectivity index (χ3v) is 7.91. The standard InChI is InChI=1S/C22H27N5O3S/c23-19(29)16-6-15(10-25-16)17-11-31-21(26-17)27-18(28)1-2-24-20(30)22-7-12-3-13(8-22)5-14(4-12)9-22/h6,10-14,25H,1-5,7-9H2,(H2,23,29)(H,24,30)(H,26,27,28). The number of anilines is 1. The molecule has 0 spiro atoms. The van der Waals surface area contributed by atoms with E-state index in [0.29, 0.717) is 23.1 Å². The Balaban J connectivity index is 1.11. The van der Waals surface area contributed by atoms with Crippen LogP contribution in [0.5, 0.6) is 0 Å². The van der Waals surface area contributed by atoms with Gasteiger partial charge in [-0.3, -0.25) is 14.4 Å². The van der Waals surface area contributed by atoms with Crippen molar-refractivity contribution >= 4 is 34.2 Å². The Morgan fingerprint density at radius 2 is 1.84 bits per heavy atom. The van der Waals surface area contributed by atoms with Crippen LogP contribution in [0.1, 0.15) is 55.4 Å². The Kier molecular flexibility index (Phi) is 5.08. The zero-order valence-corrected chi connectivity index (χ0v) is 18.1. The molecule has 0 radical (unpaired) electrons. The number of aromatic nitrogens is 2. The molecule has 4 saturated carbocycles. The van der Waals surface area contributed by atoms with Crippen LogP contribution in [0, 0.1) is 23.2 Å². The summed E-state index contributed by atoms with van der Waals surface area (Å²) in [6.07, 6.45) is 8.84. The quantitative estimate of drug-likeness (QED) is 0.526. The summed E-state index contributed by atoms with van der Waals surface area (Å²) in [5.41, 5.74) is 6.76. The van der Waals surface area contributed by atoms with Gasteiger partial charge in [-0.2, -0.15) is 0 Å². The smallest absolute Gasteiger partial charge is 0.265 e. The normalized spacial score (nSPS) is 28.5. The summed E-state index contributed by atoms with van der Waals surface area (Å²) in [5.74, 6) is 1.59. The van der Waals surface area contributed by atoms with Crippen LogP contribution in [0.3, 0.4) is 0 Å². The van der Waals surface area contributed by atoms with Gasteiger partial charge in [-0.15, -0.1) is 11.3 Å². The van der Waals surface area contributed by atoms with E-state index in [9.17, 15) is 14.4 Å². The minimum Gasteiger partial charge on any atom is -0.364 e. The van der Waals surface area contributed by atoms with Crippen LogP contribution in [0.25, 0.3) is 11.3 Å². The first kappa shape index (κ1) is 20.2. The average molecular weight is 442 g/mol. The molecule has 2 aromatic heterocycles. The molecule has 2 aromatic rings. The number of amides is 3. The maximum absolute atomic E-state index is 13.0. The molecular formula is C22H27N5O3S. The van der Waals surface area contributed by atoms with Gasteiger partial charge < -0.3 is 21.4 Å². The molecule has 4 aliphatic rings. The highest BCUT2D eigenvalue weighted by molar-refractivity contribution is 7.14. The molecule has 2 heterocycles. The summed E-state index contributed by atoms with van der Waals surface area (Å²) in [6.45, 7) is 0.338. The lowest BCUT2D eigenvalue weighted by molar-refractivity contribution is -0.146. The first-order chi connectivity index (χ1) is 14.9. The number of nitrogens with one attached hydrogen (secondary N) is 3. The second kappa shape index (κ2) is 7.78. The van der Waals surface area contributed by atoms with E-state index in [0.717, 1.165) is 42.6 Å². The van der Waals surface area contributed by atoms with E-state index in [-0.39, 0.29) is 23.7 Å². The Labute approximate surface area is 184 Å². The first-order valence-electron chi connectivity index (χ1n) is 10.9. The van der Waals surface area contributed by atoms with Gasteiger partial charge in [0.05, 0.1) is 5.69 Å². The number of aromatic amines is 1. The number of primary amides is 1. The number of nitrogens with zero attached hydrogens (tertiary/aromatic N) is 1. The van der Waals surface area contributed by atoms with Crippen molar-refractivity contribution in [3.05, 3.63) is 23.3 Å². The van der Waals surface area contributed by atoms with Crippen molar-refractivity contribution in [1.82, 2.24) is 15.3 Å². The minimum absolute atomic E-state index is 0.147. The molecule has 4 bridgehead atoms. The molecule has 0 aromatic carbocycles.